The molecule has 0 bridgehead atoms. The molecule has 0 atom stereocenters. The summed E-state index contributed by atoms with van der Waals surface area (Å²) in [5, 5.41) is 21.3. The van der Waals surface area contributed by atoms with E-state index in [9.17, 15) is 29.8 Å². The Labute approximate surface area is 179 Å². The molecule has 31 heavy (non-hydrogen) atoms. The Balaban J connectivity index is 1.51. The molecular weight excluding hydrogens is 428 g/mol. The number of carbonyl (C=O) groups is 2. The van der Waals surface area contributed by atoms with Crippen LogP contribution in [-0.2, 0) is 22.4 Å². The van der Waals surface area contributed by atoms with E-state index in [4.69, 9.17) is 9.47 Å². The van der Waals surface area contributed by atoms with E-state index in [2.05, 4.69) is 0 Å². The Morgan fingerprint density at radius 3 is 1.35 bits per heavy atom. The molecule has 0 aliphatic heterocycles. The van der Waals surface area contributed by atoms with E-state index < -0.39 is 21.8 Å². The highest BCUT2D eigenvalue weighted by molar-refractivity contribution is 7.12. The fraction of sp³-hybridized carbons (Fsp3) is 0.100. The summed E-state index contributed by atoms with van der Waals surface area (Å²) in [6, 6.07) is 13.7. The molecule has 0 radical (unpaired) electrons. The molecule has 3 aromatic rings. The second kappa shape index (κ2) is 9.59. The monoisotopic (exact) mass is 442 g/mol. The molecule has 0 spiro atoms. The number of benzene rings is 2. The van der Waals surface area contributed by atoms with Gasteiger partial charge >= 0.3 is 11.9 Å². The number of hydrogen-bond donors (Lipinski definition) is 0. The van der Waals surface area contributed by atoms with Crippen LogP contribution < -0.4 is 9.47 Å². The number of ether oxygens (including phenoxy) is 2. The van der Waals surface area contributed by atoms with Crippen molar-refractivity contribution < 1.29 is 28.9 Å². The van der Waals surface area contributed by atoms with Gasteiger partial charge in [-0.05, 0) is 36.4 Å². The van der Waals surface area contributed by atoms with Gasteiger partial charge in [0, 0.05) is 34.0 Å². The van der Waals surface area contributed by atoms with Crippen molar-refractivity contribution in [1.82, 2.24) is 0 Å². The van der Waals surface area contributed by atoms with Gasteiger partial charge in [-0.3, -0.25) is 29.8 Å². The van der Waals surface area contributed by atoms with Crippen LogP contribution in [0.3, 0.4) is 0 Å². The van der Waals surface area contributed by atoms with E-state index in [0.717, 1.165) is 0 Å². The van der Waals surface area contributed by atoms with Crippen molar-refractivity contribution in [1.29, 1.82) is 0 Å². The van der Waals surface area contributed by atoms with Crippen LogP contribution >= 0.6 is 11.3 Å². The molecule has 11 heteroatoms. The van der Waals surface area contributed by atoms with Gasteiger partial charge in [-0.1, -0.05) is 0 Å². The Morgan fingerprint density at radius 1 is 0.677 bits per heavy atom. The van der Waals surface area contributed by atoms with Gasteiger partial charge in [0.1, 0.15) is 11.5 Å². The lowest BCUT2D eigenvalue weighted by molar-refractivity contribution is -0.385. The Hall–Kier alpha value is -4.12. The first-order valence-electron chi connectivity index (χ1n) is 8.78. The largest absolute Gasteiger partial charge is 0.426 e. The minimum absolute atomic E-state index is 0.0287. The normalized spacial score (nSPS) is 10.3. The molecule has 0 fully saturated rings. The van der Waals surface area contributed by atoms with Crippen molar-refractivity contribution in [2.24, 2.45) is 0 Å². The molecule has 0 aliphatic carbocycles. The highest BCUT2D eigenvalue weighted by Crippen LogP contribution is 2.22. The van der Waals surface area contributed by atoms with Crippen molar-refractivity contribution >= 4 is 34.7 Å². The first kappa shape index (κ1) is 21.6. The summed E-state index contributed by atoms with van der Waals surface area (Å²) in [7, 11) is 0. The molecule has 158 valence electrons. The summed E-state index contributed by atoms with van der Waals surface area (Å²) in [4.78, 5) is 45.6. The number of nitro benzene ring substituents is 2. The Morgan fingerprint density at radius 2 is 1.03 bits per heavy atom. The number of rotatable bonds is 8. The average Bonchev–Trinajstić information content (AvgIpc) is 3.15. The summed E-state index contributed by atoms with van der Waals surface area (Å²) in [6.45, 7) is 0. The highest BCUT2D eigenvalue weighted by Gasteiger charge is 2.14. The van der Waals surface area contributed by atoms with E-state index in [1.165, 1.54) is 59.9 Å². The number of nitro groups is 2. The molecule has 0 aliphatic rings. The van der Waals surface area contributed by atoms with Gasteiger partial charge in [0.15, 0.2) is 0 Å². The molecule has 0 N–H and O–H groups in total. The quantitative estimate of drug-likeness (QED) is 0.222. The molecule has 0 amide bonds. The zero-order valence-corrected chi connectivity index (χ0v) is 16.6. The summed E-state index contributed by atoms with van der Waals surface area (Å²) in [5.41, 5.74) is -0.216. The van der Waals surface area contributed by atoms with Gasteiger partial charge in [-0.25, -0.2) is 0 Å². The minimum atomic E-state index is -0.550. The zero-order valence-electron chi connectivity index (χ0n) is 15.8. The maximum atomic E-state index is 12.1. The smallest absolute Gasteiger partial charge is 0.316 e. The van der Waals surface area contributed by atoms with Crippen LogP contribution in [0.1, 0.15) is 9.75 Å². The third-order valence-electron chi connectivity index (χ3n) is 3.91. The molecule has 0 unspecified atom stereocenters. The zero-order chi connectivity index (χ0) is 22.4. The molecular formula is C20H14N2O8S. The lowest BCUT2D eigenvalue weighted by Crippen LogP contribution is -2.10. The van der Waals surface area contributed by atoms with Crippen molar-refractivity contribution in [3.63, 3.8) is 0 Å². The maximum Gasteiger partial charge on any atom is 0.316 e. The summed E-state index contributed by atoms with van der Waals surface area (Å²) in [6.07, 6.45) is -0.0574. The average molecular weight is 442 g/mol. The van der Waals surface area contributed by atoms with Crippen LogP contribution in [-0.4, -0.2) is 21.8 Å². The SMILES string of the molecule is O=C(Cc1ccc(CC(=O)Oc2ccc([N+](=O)[O-])cc2)s1)Oc1ccc([N+](=O)[O-])cc1. The van der Waals surface area contributed by atoms with Crippen molar-refractivity contribution in [2.45, 2.75) is 12.8 Å². The fourth-order valence-corrected chi connectivity index (χ4v) is 3.49. The van der Waals surface area contributed by atoms with Gasteiger partial charge in [0.25, 0.3) is 11.4 Å². The van der Waals surface area contributed by atoms with Crippen molar-refractivity contribution in [2.75, 3.05) is 0 Å². The lowest BCUT2D eigenvalue weighted by atomic mass is 10.3. The van der Waals surface area contributed by atoms with Gasteiger partial charge in [-0.2, -0.15) is 0 Å². The summed E-state index contributed by atoms with van der Waals surface area (Å²) in [5.74, 6) is -0.704. The molecule has 0 saturated heterocycles. The van der Waals surface area contributed by atoms with Crippen LogP contribution in [0.5, 0.6) is 11.5 Å². The summed E-state index contributed by atoms with van der Waals surface area (Å²) < 4.78 is 10.3. The van der Waals surface area contributed by atoms with E-state index in [0.29, 0.717) is 9.75 Å². The maximum absolute atomic E-state index is 12.1. The number of nitrogens with zero attached hydrogens (tertiary/aromatic N) is 2. The van der Waals surface area contributed by atoms with Crippen LogP contribution in [0.25, 0.3) is 0 Å². The van der Waals surface area contributed by atoms with Gasteiger partial charge in [0.2, 0.25) is 0 Å². The third kappa shape index (κ3) is 6.18. The molecule has 10 nitrogen and oxygen atoms in total. The number of esters is 2. The van der Waals surface area contributed by atoms with E-state index in [1.54, 1.807) is 12.1 Å². The molecule has 2 aromatic carbocycles. The first-order valence-corrected chi connectivity index (χ1v) is 9.59. The van der Waals surface area contributed by atoms with Crippen LogP contribution in [0, 0.1) is 20.2 Å². The van der Waals surface area contributed by atoms with Crippen LogP contribution in [0.4, 0.5) is 11.4 Å². The Bertz CT molecular complexity index is 1030. The number of thiophene rings is 1. The fourth-order valence-electron chi connectivity index (χ4n) is 2.50. The first-order chi connectivity index (χ1) is 14.8. The van der Waals surface area contributed by atoms with Crippen LogP contribution in [0.2, 0.25) is 0 Å². The molecule has 1 aromatic heterocycles. The topological polar surface area (TPSA) is 139 Å². The molecule has 3 rings (SSSR count). The predicted molar refractivity (Wildman–Crippen MR) is 109 cm³/mol. The molecule has 1 heterocycles. The van der Waals surface area contributed by atoms with Crippen molar-refractivity contribution in [3.05, 3.63) is 90.6 Å². The molecule has 0 saturated carbocycles. The number of hydrogen-bond acceptors (Lipinski definition) is 9. The number of non-ortho nitro benzene ring substituents is 2. The standard InChI is InChI=1S/C20H14N2O8S/c23-19(29-15-5-1-13(2-6-15)21(25)26)11-17-9-10-18(31-17)12-20(24)30-16-7-3-14(4-8-16)22(27)28/h1-10H,11-12H2. The van der Waals surface area contributed by atoms with E-state index in [-0.39, 0.29) is 35.7 Å². The van der Waals surface area contributed by atoms with Crippen LogP contribution in [0.15, 0.2) is 60.7 Å². The Kier molecular flexibility index (Phi) is 6.67. The summed E-state index contributed by atoms with van der Waals surface area (Å²) >= 11 is 1.24. The van der Waals surface area contributed by atoms with Crippen molar-refractivity contribution in [3.8, 4) is 11.5 Å². The number of carbonyl (C=O) groups excluding carboxylic acids is 2. The minimum Gasteiger partial charge on any atom is -0.426 e. The second-order valence-corrected chi connectivity index (χ2v) is 7.42. The highest BCUT2D eigenvalue weighted by atomic mass is 32.1. The van der Waals surface area contributed by atoms with Gasteiger partial charge in [-0.15, -0.1) is 11.3 Å². The van der Waals surface area contributed by atoms with E-state index in [1.807, 2.05) is 0 Å². The predicted octanol–water partition coefficient (Wildman–Crippen LogP) is 3.86. The second-order valence-electron chi connectivity index (χ2n) is 6.17. The third-order valence-corrected chi connectivity index (χ3v) is 5.00. The van der Waals surface area contributed by atoms with Gasteiger partial charge < -0.3 is 9.47 Å². The van der Waals surface area contributed by atoms with E-state index >= 15 is 0 Å². The lowest BCUT2D eigenvalue weighted by Gasteiger charge is -2.03. The van der Waals surface area contributed by atoms with Gasteiger partial charge in [0.05, 0.1) is 22.7 Å².